The van der Waals surface area contributed by atoms with Gasteiger partial charge < -0.3 is 15.5 Å². The molecule has 2 amide bonds. The van der Waals surface area contributed by atoms with Crippen molar-refractivity contribution in [2.75, 3.05) is 35.9 Å². The van der Waals surface area contributed by atoms with Crippen molar-refractivity contribution in [1.29, 1.82) is 0 Å². The van der Waals surface area contributed by atoms with E-state index >= 15 is 0 Å². The van der Waals surface area contributed by atoms with Gasteiger partial charge in [-0.2, -0.15) is 10.1 Å². The van der Waals surface area contributed by atoms with Crippen molar-refractivity contribution in [2.45, 2.75) is 64.8 Å². The minimum atomic E-state index is -0.883. The van der Waals surface area contributed by atoms with Gasteiger partial charge in [0.2, 0.25) is 11.9 Å². The van der Waals surface area contributed by atoms with E-state index in [1.807, 2.05) is 97.9 Å². The van der Waals surface area contributed by atoms with Gasteiger partial charge in [-0.25, -0.2) is 9.99 Å². The number of hydrogen-bond acceptors (Lipinski definition) is 8. The van der Waals surface area contributed by atoms with Gasteiger partial charge >= 0.3 is 0 Å². The van der Waals surface area contributed by atoms with E-state index in [2.05, 4.69) is 29.6 Å². The summed E-state index contributed by atoms with van der Waals surface area (Å²) >= 11 is 0. The first-order chi connectivity index (χ1) is 24.1. The number of carbonyl (C=O) groups excluding carboxylic acids is 3. The second-order valence-electron chi connectivity index (χ2n) is 14.1. The van der Waals surface area contributed by atoms with Crippen LogP contribution < -0.4 is 20.5 Å². The van der Waals surface area contributed by atoms with E-state index in [-0.39, 0.29) is 36.0 Å². The Kier molecular flexibility index (Phi) is 10.6. The maximum Gasteiger partial charge on any atom is 0.257 e. The van der Waals surface area contributed by atoms with E-state index in [9.17, 15) is 14.4 Å². The molecule has 4 aromatic rings. The third-order valence-electron chi connectivity index (χ3n) is 9.98. The number of nitrogens with zero attached hydrogens (tertiary/aromatic N) is 5. The van der Waals surface area contributed by atoms with Crippen LogP contribution in [0.15, 0.2) is 84.0 Å². The first-order valence-electron chi connectivity index (χ1n) is 17.6. The van der Waals surface area contributed by atoms with Gasteiger partial charge in [0, 0.05) is 49.8 Å². The molecule has 0 bridgehead atoms. The highest BCUT2D eigenvalue weighted by atomic mass is 16.2. The average molecular weight is 674 g/mol. The fourth-order valence-electron chi connectivity index (χ4n) is 7.07. The first-order valence-corrected chi connectivity index (χ1v) is 17.6. The lowest BCUT2D eigenvalue weighted by atomic mass is 9.82. The van der Waals surface area contributed by atoms with Crippen molar-refractivity contribution in [3.63, 3.8) is 0 Å². The predicted molar refractivity (Wildman–Crippen MR) is 200 cm³/mol. The third kappa shape index (κ3) is 7.69. The maximum atomic E-state index is 14.0. The number of anilines is 3. The van der Waals surface area contributed by atoms with Crippen LogP contribution in [0, 0.1) is 17.8 Å². The first kappa shape index (κ1) is 34.7. The molecule has 1 fully saturated rings. The normalized spacial score (nSPS) is 19.7. The standard InChI is InChI=1S/C40H47N7O3/c1-25(2)28-17-19-29(20-18-28)35(48)23-33(36-26(3)45-47(39(36)50)31-11-7-6-8-12-31)38(49)41-24-27-15-21-30(22-16-27)42-40-43-34-14-10-9-13-32(34)37(44-40)46(4)5/h6-14,17-20,25,27,30,33,36H,15-16,21-24H2,1-5H3,(H,41,49)(H,42,43,44). The van der Waals surface area contributed by atoms with Crippen LogP contribution >= 0.6 is 0 Å². The lowest BCUT2D eigenvalue weighted by Gasteiger charge is -2.30. The number of aromatic nitrogens is 2. The highest BCUT2D eigenvalue weighted by Gasteiger charge is 2.44. The number of amides is 2. The molecule has 2 heterocycles. The van der Waals surface area contributed by atoms with E-state index in [0.717, 1.165) is 48.0 Å². The number of ketones is 1. The van der Waals surface area contributed by atoms with Crippen molar-refractivity contribution in [3.8, 4) is 0 Å². The quantitative estimate of drug-likeness (QED) is 0.158. The summed E-state index contributed by atoms with van der Waals surface area (Å²) < 4.78 is 0. The van der Waals surface area contributed by atoms with Gasteiger partial charge in [0.25, 0.3) is 5.91 Å². The second-order valence-corrected chi connectivity index (χ2v) is 14.1. The molecule has 1 saturated carbocycles. The molecule has 10 heteroatoms. The molecule has 1 aliphatic carbocycles. The van der Waals surface area contributed by atoms with Gasteiger partial charge in [-0.3, -0.25) is 14.4 Å². The molecule has 2 unspecified atom stereocenters. The summed E-state index contributed by atoms with van der Waals surface area (Å²) in [6.07, 6.45) is 3.59. The summed E-state index contributed by atoms with van der Waals surface area (Å²) in [4.78, 5) is 53.0. The number of hydrazone groups is 1. The summed E-state index contributed by atoms with van der Waals surface area (Å²) in [6.45, 7) is 6.46. The Bertz CT molecular complexity index is 1870. The molecule has 50 heavy (non-hydrogen) atoms. The Hall–Kier alpha value is -5.12. The number of para-hydroxylation sites is 2. The monoisotopic (exact) mass is 673 g/mol. The molecular weight excluding hydrogens is 626 g/mol. The Morgan fingerprint density at radius 3 is 2.26 bits per heavy atom. The number of hydrogen-bond donors (Lipinski definition) is 2. The molecule has 2 atom stereocenters. The minimum Gasteiger partial charge on any atom is -0.362 e. The largest absolute Gasteiger partial charge is 0.362 e. The molecule has 1 aliphatic heterocycles. The Morgan fingerprint density at radius 2 is 1.58 bits per heavy atom. The van der Waals surface area contributed by atoms with E-state index in [4.69, 9.17) is 9.97 Å². The van der Waals surface area contributed by atoms with Gasteiger partial charge in [-0.05, 0) is 74.3 Å². The molecular formula is C40H47N7O3. The Morgan fingerprint density at radius 1 is 0.900 bits per heavy atom. The predicted octanol–water partition coefficient (Wildman–Crippen LogP) is 6.83. The number of nitrogens with one attached hydrogen (secondary N) is 2. The van der Waals surface area contributed by atoms with Crippen molar-refractivity contribution in [2.24, 2.45) is 22.9 Å². The molecule has 2 N–H and O–H groups in total. The van der Waals surface area contributed by atoms with Crippen molar-refractivity contribution in [1.82, 2.24) is 15.3 Å². The SMILES string of the molecule is CC1=NN(c2ccccc2)C(=O)C1C(CC(=O)c1ccc(C(C)C)cc1)C(=O)NCC1CCC(Nc2nc(N(C)C)c3ccccc3n2)CC1. The zero-order valence-electron chi connectivity index (χ0n) is 29.6. The lowest BCUT2D eigenvalue weighted by molar-refractivity contribution is -0.131. The molecule has 0 saturated heterocycles. The van der Waals surface area contributed by atoms with Crippen LogP contribution in [0.25, 0.3) is 10.9 Å². The summed E-state index contributed by atoms with van der Waals surface area (Å²) in [7, 11) is 3.97. The van der Waals surface area contributed by atoms with Gasteiger partial charge in [-0.15, -0.1) is 0 Å². The third-order valence-corrected chi connectivity index (χ3v) is 9.98. The average Bonchev–Trinajstić information content (AvgIpc) is 3.42. The van der Waals surface area contributed by atoms with Gasteiger partial charge in [-0.1, -0.05) is 68.4 Å². The molecule has 1 aromatic heterocycles. The van der Waals surface area contributed by atoms with Crippen molar-refractivity contribution < 1.29 is 14.4 Å². The van der Waals surface area contributed by atoms with Gasteiger partial charge in [0.15, 0.2) is 5.78 Å². The number of rotatable bonds is 12. The van der Waals surface area contributed by atoms with Crippen molar-refractivity contribution >= 4 is 51.7 Å². The summed E-state index contributed by atoms with van der Waals surface area (Å²) in [5.41, 5.74) is 3.73. The Labute approximate surface area is 294 Å². The topological polar surface area (TPSA) is 120 Å². The molecule has 6 rings (SSSR count). The molecule has 260 valence electrons. The van der Waals surface area contributed by atoms with Crippen molar-refractivity contribution in [3.05, 3.63) is 90.0 Å². The zero-order valence-corrected chi connectivity index (χ0v) is 29.6. The lowest BCUT2D eigenvalue weighted by Crippen LogP contribution is -2.44. The maximum absolute atomic E-state index is 14.0. The van der Waals surface area contributed by atoms with Crippen LogP contribution in [0.3, 0.4) is 0 Å². The molecule has 2 aliphatic rings. The summed E-state index contributed by atoms with van der Waals surface area (Å²) in [6, 6.07) is 25.0. The van der Waals surface area contributed by atoms with Gasteiger partial charge in [0.05, 0.1) is 23.0 Å². The number of Topliss-reactive ketones (excluding diaryl/α,β-unsaturated/α-hetero) is 1. The highest BCUT2D eigenvalue weighted by Crippen LogP contribution is 2.32. The summed E-state index contributed by atoms with van der Waals surface area (Å²) in [5, 5.41) is 13.6. The van der Waals surface area contributed by atoms with E-state index in [0.29, 0.717) is 35.4 Å². The highest BCUT2D eigenvalue weighted by molar-refractivity contribution is 6.17. The summed E-state index contributed by atoms with van der Waals surface area (Å²) in [5.74, 6) is -0.348. The van der Waals surface area contributed by atoms with Crippen LogP contribution in [0.5, 0.6) is 0 Å². The van der Waals surface area contributed by atoms with Crippen LogP contribution in [0.4, 0.5) is 17.5 Å². The molecule has 10 nitrogen and oxygen atoms in total. The molecule has 0 spiro atoms. The van der Waals surface area contributed by atoms with E-state index in [1.54, 1.807) is 6.92 Å². The molecule has 3 aromatic carbocycles. The number of benzene rings is 3. The molecule has 0 radical (unpaired) electrons. The Balaban J connectivity index is 1.11. The fraction of sp³-hybridized carbons (Fsp3) is 0.400. The number of carbonyl (C=O) groups is 3. The zero-order chi connectivity index (χ0) is 35.4. The van der Waals surface area contributed by atoms with Crippen LogP contribution in [-0.2, 0) is 9.59 Å². The fourth-order valence-corrected chi connectivity index (χ4v) is 7.07. The second kappa shape index (κ2) is 15.2. The smallest absolute Gasteiger partial charge is 0.257 e. The number of fused-ring (bicyclic) bond motifs is 1. The van der Waals surface area contributed by atoms with E-state index < -0.39 is 11.8 Å². The van der Waals surface area contributed by atoms with Gasteiger partial charge in [0.1, 0.15) is 5.82 Å². The van der Waals surface area contributed by atoms with Crippen LogP contribution in [0.1, 0.15) is 74.7 Å². The minimum absolute atomic E-state index is 0.0872. The van der Waals surface area contributed by atoms with Crippen LogP contribution in [-0.4, -0.2) is 60.0 Å². The van der Waals surface area contributed by atoms with E-state index in [1.165, 1.54) is 5.01 Å². The van der Waals surface area contributed by atoms with Crippen LogP contribution in [0.2, 0.25) is 0 Å².